The van der Waals surface area contributed by atoms with Crippen molar-refractivity contribution in [3.05, 3.63) is 76.0 Å². The number of hydrogen-bond acceptors (Lipinski definition) is 5. The standard InChI is InChI=1S/C19H14N2O5/c1-26-16-8-6-14(7-9-16)20-15(12-23)10-13(11-22)19(20)17-4-2-3-5-18(17)21(24)25/h2-12H,1H3. The van der Waals surface area contributed by atoms with Gasteiger partial charge in [0.15, 0.2) is 12.6 Å². The van der Waals surface area contributed by atoms with E-state index in [1.54, 1.807) is 42.5 Å². The number of aromatic nitrogens is 1. The largest absolute Gasteiger partial charge is 0.497 e. The van der Waals surface area contributed by atoms with Crippen molar-refractivity contribution >= 4 is 18.3 Å². The van der Waals surface area contributed by atoms with Gasteiger partial charge in [0, 0.05) is 17.3 Å². The number of methoxy groups -OCH3 is 1. The molecule has 2 aromatic carbocycles. The third kappa shape index (κ3) is 2.86. The minimum Gasteiger partial charge on any atom is -0.497 e. The predicted molar refractivity (Wildman–Crippen MR) is 95.2 cm³/mol. The number of hydrogen-bond donors (Lipinski definition) is 0. The maximum atomic E-state index is 11.6. The fraction of sp³-hybridized carbons (Fsp3) is 0.0526. The molecule has 0 fully saturated rings. The Hall–Kier alpha value is -3.74. The summed E-state index contributed by atoms with van der Waals surface area (Å²) in [5, 5.41) is 11.4. The van der Waals surface area contributed by atoms with Crippen molar-refractivity contribution in [2.75, 3.05) is 7.11 Å². The predicted octanol–water partition coefficient (Wildman–Crippen LogP) is 3.69. The topological polar surface area (TPSA) is 91.4 Å². The number of carbonyl (C=O) groups is 2. The average Bonchev–Trinajstić information content (AvgIpc) is 3.06. The summed E-state index contributed by atoms with van der Waals surface area (Å²) in [6, 6.07) is 14.3. The highest BCUT2D eigenvalue weighted by Crippen LogP contribution is 2.35. The maximum Gasteiger partial charge on any atom is 0.278 e. The summed E-state index contributed by atoms with van der Waals surface area (Å²) >= 11 is 0. The van der Waals surface area contributed by atoms with Gasteiger partial charge in [0.25, 0.3) is 5.69 Å². The summed E-state index contributed by atoms with van der Waals surface area (Å²) in [4.78, 5) is 34.0. The van der Waals surface area contributed by atoms with Crippen LogP contribution in [0.4, 0.5) is 5.69 Å². The molecule has 3 aromatic rings. The Bertz CT molecular complexity index is 990. The van der Waals surface area contributed by atoms with E-state index in [-0.39, 0.29) is 22.5 Å². The van der Waals surface area contributed by atoms with Gasteiger partial charge in [0.2, 0.25) is 0 Å². The molecule has 0 spiro atoms. The number of ether oxygens (including phenoxy) is 1. The van der Waals surface area contributed by atoms with E-state index in [4.69, 9.17) is 4.74 Å². The third-order valence-electron chi connectivity index (χ3n) is 3.99. The average molecular weight is 350 g/mol. The smallest absolute Gasteiger partial charge is 0.278 e. The van der Waals surface area contributed by atoms with Crippen LogP contribution in [0.25, 0.3) is 16.9 Å². The Labute approximate surface area is 148 Å². The van der Waals surface area contributed by atoms with Gasteiger partial charge in [-0.2, -0.15) is 0 Å². The molecule has 26 heavy (non-hydrogen) atoms. The van der Waals surface area contributed by atoms with Gasteiger partial charge in [-0.3, -0.25) is 19.7 Å². The molecule has 0 atom stereocenters. The molecule has 3 rings (SSSR count). The lowest BCUT2D eigenvalue weighted by Gasteiger charge is -2.13. The number of nitrogens with zero attached hydrogens (tertiary/aromatic N) is 2. The molecule has 0 bridgehead atoms. The summed E-state index contributed by atoms with van der Waals surface area (Å²) in [5.74, 6) is 0.622. The van der Waals surface area contributed by atoms with Crippen molar-refractivity contribution < 1.29 is 19.2 Å². The molecule has 0 aliphatic rings. The van der Waals surface area contributed by atoms with Crippen LogP contribution >= 0.6 is 0 Å². The van der Waals surface area contributed by atoms with Crippen molar-refractivity contribution in [1.29, 1.82) is 0 Å². The van der Waals surface area contributed by atoms with Gasteiger partial charge in [0.05, 0.1) is 29.0 Å². The zero-order chi connectivity index (χ0) is 18.7. The summed E-state index contributed by atoms with van der Waals surface area (Å²) in [7, 11) is 1.53. The van der Waals surface area contributed by atoms with Gasteiger partial charge in [-0.25, -0.2) is 0 Å². The molecule has 0 aliphatic carbocycles. The molecule has 0 N–H and O–H groups in total. The molecule has 1 aromatic heterocycles. The van der Waals surface area contributed by atoms with Gasteiger partial charge >= 0.3 is 0 Å². The second-order valence-corrected chi connectivity index (χ2v) is 5.42. The number of aldehydes is 2. The number of para-hydroxylation sites is 1. The van der Waals surface area contributed by atoms with E-state index in [2.05, 4.69) is 0 Å². The minimum absolute atomic E-state index is 0.152. The van der Waals surface area contributed by atoms with Gasteiger partial charge in [-0.05, 0) is 36.4 Å². The van der Waals surface area contributed by atoms with Crippen LogP contribution in [0, 0.1) is 10.1 Å². The Balaban J connectivity index is 2.34. The lowest BCUT2D eigenvalue weighted by Crippen LogP contribution is -2.03. The van der Waals surface area contributed by atoms with Crippen molar-refractivity contribution in [1.82, 2.24) is 4.57 Å². The first-order valence-electron chi connectivity index (χ1n) is 7.65. The molecular formula is C19H14N2O5. The molecule has 1 heterocycles. The van der Waals surface area contributed by atoms with Crippen LogP contribution in [0.1, 0.15) is 20.8 Å². The molecule has 0 saturated carbocycles. The zero-order valence-electron chi connectivity index (χ0n) is 13.8. The number of nitro benzene ring substituents is 1. The summed E-state index contributed by atoms with van der Waals surface area (Å²) < 4.78 is 6.66. The lowest BCUT2D eigenvalue weighted by molar-refractivity contribution is -0.384. The highest BCUT2D eigenvalue weighted by Gasteiger charge is 2.24. The Morgan fingerprint density at radius 3 is 2.31 bits per heavy atom. The number of benzene rings is 2. The first kappa shape index (κ1) is 17.1. The molecule has 0 saturated heterocycles. The Morgan fingerprint density at radius 2 is 1.73 bits per heavy atom. The third-order valence-corrected chi connectivity index (χ3v) is 3.99. The number of nitro groups is 1. The Kier molecular flexibility index (Phi) is 4.62. The van der Waals surface area contributed by atoms with E-state index >= 15 is 0 Å². The van der Waals surface area contributed by atoms with Gasteiger partial charge < -0.3 is 9.30 Å². The Morgan fingerprint density at radius 1 is 1.04 bits per heavy atom. The van der Waals surface area contributed by atoms with Gasteiger partial charge in [0.1, 0.15) is 5.75 Å². The molecule has 0 aliphatic heterocycles. The SMILES string of the molecule is COc1ccc(-n2c(C=O)cc(C=O)c2-c2ccccc2[N+](=O)[O-])cc1. The van der Waals surface area contributed by atoms with Crippen molar-refractivity contribution in [3.63, 3.8) is 0 Å². The molecule has 7 heteroatoms. The van der Waals surface area contributed by atoms with E-state index in [1.807, 2.05) is 0 Å². The van der Waals surface area contributed by atoms with Crippen LogP contribution in [0.3, 0.4) is 0 Å². The lowest BCUT2D eigenvalue weighted by atomic mass is 10.1. The molecule has 0 unspecified atom stereocenters. The van der Waals surface area contributed by atoms with E-state index in [9.17, 15) is 19.7 Å². The fourth-order valence-electron chi connectivity index (χ4n) is 2.85. The van der Waals surface area contributed by atoms with Crippen LogP contribution in [0.5, 0.6) is 5.75 Å². The van der Waals surface area contributed by atoms with Crippen LogP contribution in [-0.2, 0) is 0 Å². The molecule has 130 valence electrons. The summed E-state index contributed by atoms with van der Waals surface area (Å²) in [6.07, 6.45) is 1.19. The fourth-order valence-corrected chi connectivity index (χ4v) is 2.85. The van der Waals surface area contributed by atoms with Gasteiger partial charge in [-0.1, -0.05) is 12.1 Å². The van der Waals surface area contributed by atoms with Gasteiger partial charge in [-0.15, -0.1) is 0 Å². The van der Waals surface area contributed by atoms with Crippen LogP contribution < -0.4 is 4.74 Å². The minimum atomic E-state index is -0.518. The monoisotopic (exact) mass is 350 g/mol. The van der Waals surface area contributed by atoms with Crippen molar-refractivity contribution in [2.24, 2.45) is 0 Å². The second kappa shape index (κ2) is 7.02. The van der Waals surface area contributed by atoms with E-state index in [1.165, 1.54) is 23.8 Å². The highest BCUT2D eigenvalue weighted by molar-refractivity contribution is 5.94. The molecule has 0 amide bonds. The van der Waals surface area contributed by atoms with Crippen molar-refractivity contribution in [2.45, 2.75) is 0 Å². The quantitative estimate of drug-likeness (QED) is 0.384. The number of carbonyl (C=O) groups excluding carboxylic acids is 2. The van der Waals surface area contributed by atoms with Crippen LogP contribution in [-0.4, -0.2) is 29.2 Å². The molecule has 7 nitrogen and oxygen atoms in total. The first-order chi connectivity index (χ1) is 12.6. The first-order valence-corrected chi connectivity index (χ1v) is 7.65. The van der Waals surface area contributed by atoms with Crippen LogP contribution in [0.2, 0.25) is 0 Å². The van der Waals surface area contributed by atoms with Crippen molar-refractivity contribution in [3.8, 4) is 22.7 Å². The zero-order valence-corrected chi connectivity index (χ0v) is 13.8. The van der Waals surface area contributed by atoms with E-state index in [0.717, 1.165) is 0 Å². The summed E-state index contributed by atoms with van der Waals surface area (Å²) in [6.45, 7) is 0. The molecular weight excluding hydrogens is 336 g/mol. The normalized spacial score (nSPS) is 10.3. The second-order valence-electron chi connectivity index (χ2n) is 5.42. The van der Waals surface area contributed by atoms with Crippen LogP contribution in [0.15, 0.2) is 54.6 Å². The summed E-state index contributed by atoms with van der Waals surface area (Å²) in [5.41, 5.74) is 1.38. The van der Waals surface area contributed by atoms with E-state index in [0.29, 0.717) is 29.7 Å². The molecule has 0 radical (unpaired) electrons. The number of rotatable bonds is 6. The highest BCUT2D eigenvalue weighted by atomic mass is 16.6. The maximum absolute atomic E-state index is 11.6. The van der Waals surface area contributed by atoms with E-state index < -0.39 is 4.92 Å².